The molecular formula is C12H16BrN3O3. The van der Waals surface area contributed by atoms with E-state index in [0.29, 0.717) is 37.2 Å². The molecule has 0 spiro atoms. The fourth-order valence-electron chi connectivity index (χ4n) is 2.05. The molecule has 0 saturated carbocycles. The predicted octanol–water partition coefficient (Wildman–Crippen LogP) is 2.20. The fraction of sp³-hybridized carbons (Fsp3) is 0.500. The van der Waals surface area contributed by atoms with Gasteiger partial charge in [-0.3, -0.25) is 0 Å². The number of nitrogens with two attached hydrogens (primary N) is 1. The lowest BCUT2D eigenvalue weighted by atomic mass is 9.98. The SMILES string of the molecule is Nc1ncc(Br)cc1OCC1CCN(C(=O)O)CC1. The van der Waals surface area contributed by atoms with Gasteiger partial charge in [0, 0.05) is 23.8 Å². The molecule has 104 valence electrons. The molecule has 6 nitrogen and oxygen atoms in total. The second-order valence-electron chi connectivity index (χ2n) is 4.56. The van der Waals surface area contributed by atoms with E-state index in [9.17, 15) is 4.79 Å². The summed E-state index contributed by atoms with van der Waals surface area (Å²) in [4.78, 5) is 16.2. The Morgan fingerprint density at radius 1 is 1.58 bits per heavy atom. The zero-order chi connectivity index (χ0) is 13.8. The van der Waals surface area contributed by atoms with E-state index in [4.69, 9.17) is 15.6 Å². The first-order valence-corrected chi connectivity index (χ1v) is 6.87. The lowest BCUT2D eigenvalue weighted by Gasteiger charge is -2.29. The Kier molecular flexibility index (Phi) is 4.47. The number of carbonyl (C=O) groups is 1. The van der Waals surface area contributed by atoms with Crippen molar-refractivity contribution in [2.24, 2.45) is 5.92 Å². The van der Waals surface area contributed by atoms with Gasteiger partial charge in [0.05, 0.1) is 6.61 Å². The summed E-state index contributed by atoms with van der Waals surface area (Å²) in [6.45, 7) is 1.67. The van der Waals surface area contributed by atoms with Crippen molar-refractivity contribution >= 4 is 27.8 Å². The lowest BCUT2D eigenvalue weighted by Crippen LogP contribution is -2.38. The number of rotatable bonds is 3. The molecule has 0 bridgehead atoms. The minimum Gasteiger partial charge on any atom is -0.489 e. The molecule has 2 heterocycles. The molecule has 0 unspecified atom stereocenters. The van der Waals surface area contributed by atoms with Crippen molar-refractivity contribution in [3.8, 4) is 5.75 Å². The van der Waals surface area contributed by atoms with Crippen LogP contribution < -0.4 is 10.5 Å². The van der Waals surface area contributed by atoms with E-state index in [1.54, 1.807) is 12.3 Å². The molecule has 0 radical (unpaired) electrons. The van der Waals surface area contributed by atoms with Gasteiger partial charge in [-0.05, 0) is 40.8 Å². The minimum atomic E-state index is -0.847. The summed E-state index contributed by atoms with van der Waals surface area (Å²) in [5.41, 5.74) is 5.72. The second kappa shape index (κ2) is 6.10. The molecule has 3 N–H and O–H groups in total. The van der Waals surface area contributed by atoms with Gasteiger partial charge in [0.1, 0.15) is 0 Å². The van der Waals surface area contributed by atoms with E-state index in [-0.39, 0.29) is 0 Å². The van der Waals surface area contributed by atoms with Gasteiger partial charge in [0.25, 0.3) is 0 Å². The van der Waals surface area contributed by atoms with Gasteiger partial charge in [0.2, 0.25) is 0 Å². The molecular weight excluding hydrogens is 314 g/mol. The number of pyridine rings is 1. The number of nitrogen functional groups attached to an aromatic ring is 1. The van der Waals surface area contributed by atoms with Gasteiger partial charge < -0.3 is 20.5 Å². The van der Waals surface area contributed by atoms with Gasteiger partial charge in [-0.2, -0.15) is 0 Å². The molecule has 0 aromatic carbocycles. The summed E-state index contributed by atoms with van der Waals surface area (Å²) in [7, 11) is 0. The van der Waals surface area contributed by atoms with E-state index in [1.807, 2.05) is 0 Å². The van der Waals surface area contributed by atoms with Crippen LogP contribution in [0.5, 0.6) is 5.75 Å². The molecule has 2 rings (SSSR count). The Balaban J connectivity index is 1.83. The van der Waals surface area contributed by atoms with E-state index in [2.05, 4.69) is 20.9 Å². The number of likely N-dealkylation sites (tertiary alicyclic amines) is 1. The first-order chi connectivity index (χ1) is 9.06. The topological polar surface area (TPSA) is 88.7 Å². The summed E-state index contributed by atoms with van der Waals surface area (Å²) < 4.78 is 6.49. The van der Waals surface area contributed by atoms with Crippen molar-refractivity contribution < 1.29 is 14.6 Å². The van der Waals surface area contributed by atoms with E-state index in [0.717, 1.165) is 17.3 Å². The summed E-state index contributed by atoms with van der Waals surface area (Å²) in [6.07, 6.45) is 2.40. The van der Waals surface area contributed by atoms with Gasteiger partial charge in [0.15, 0.2) is 11.6 Å². The highest BCUT2D eigenvalue weighted by atomic mass is 79.9. The second-order valence-corrected chi connectivity index (χ2v) is 5.48. The third-order valence-electron chi connectivity index (χ3n) is 3.21. The Morgan fingerprint density at radius 3 is 2.89 bits per heavy atom. The third kappa shape index (κ3) is 3.73. The average molecular weight is 330 g/mol. The molecule has 0 aliphatic carbocycles. The molecule has 1 aromatic rings. The maximum atomic E-state index is 10.8. The Bertz CT molecular complexity index is 462. The van der Waals surface area contributed by atoms with Crippen molar-refractivity contribution in [1.29, 1.82) is 0 Å². The first kappa shape index (κ1) is 13.9. The number of carboxylic acid groups (broad SMARTS) is 1. The van der Waals surface area contributed by atoms with Crippen LogP contribution in [0.1, 0.15) is 12.8 Å². The third-order valence-corrected chi connectivity index (χ3v) is 3.64. The maximum absolute atomic E-state index is 10.8. The van der Waals surface area contributed by atoms with Gasteiger partial charge in [-0.25, -0.2) is 9.78 Å². The normalized spacial score (nSPS) is 16.4. The smallest absolute Gasteiger partial charge is 0.407 e. The van der Waals surface area contributed by atoms with Crippen molar-refractivity contribution in [2.75, 3.05) is 25.4 Å². The van der Waals surface area contributed by atoms with Crippen LogP contribution >= 0.6 is 15.9 Å². The minimum absolute atomic E-state index is 0.356. The van der Waals surface area contributed by atoms with Crippen LogP contribution in [0.4, 0.5) is 10.6 Å². The van der Waals surface area contributed by atoms with Crippen molar-refractivity contribution in [3.05, 3.63) is 16.7 Å². The molecule has 1 saturated heterocycles. The summed E-state index contributed by atoms with van der Waals surface area (Å²) >= 11 is 3.32. The number of ether oxygens (including phenoxy) is 1. The number of nitrogens with zero attached hydrogens (tertiary/aromatic N) is 2. The van der Waals surface area contributed by atoms with E-state index >= 15 is 0 Å². The van der Waals surface area contributed by atoms with Gasteiger partial charge in [-0.1, -0.05) is 0 Å². The van der Waals surface area contributed by atoms with Crippen molar-refractivity contribution in [1.82, 2.24) is 9.88 Å². The molecule has 1 amide bonds. The van der Waals surface area contributed by atoms with Crippen molar-refractivity contribution in [2.45, 2.75) is 12.8 Å². The Labute approximate surface area is 119 Å². The van der Waals surface area contributed by atoms with Crippen molar-refractivity contribution in [3.63, 3.8) is 0 Å². The van der Waals surface area contributed by atoms with Crippen LogP contribution in [0.25, 0.3) is 0 Å². The molecule has 1 aliphatic heterocycles. The number of amides is 1. The summed E-state index contributed by atoms with van der Waals surface area (Å²) in [5.74, 6) is 1.29. The van der Waals surface area contributed by atoms with E-state index in [1.165, 1.54) is 4.90 Å². The van der Waals surface area contributed by atoms with Crippen LogP contribution in [-0.4, -0.2) is 40.8 Å². The summed E-state index contributed by atoms with van der Waals surface area (Å²) in [6, 6.07) is 1.79. The molecule has 1 aromatic heterocycles. The van der Waals surface area contributed by atoms with Crippen LogP contribution in [-0.2, 0) is 0 Å². The molecule has 7 heteroatoms. The highest BCUT2D eigenvalue weighted by molar-refractivity contribution is 9.10. The van der Waals surface area contributed by atoms with Crippen LogP contribution in [0.2, 0.25) is 0 Å². The standard InChI is InChI=1S/C12H16BrN3O3/c13-9-5-10(11(14)15-6-9)19-7-8-1-3-16(4-2-8)12(17)18/h5-6,8H,1-4,7H2,(H2,14,15)(H,17,18). The van der Waals surface area contributed by atoms with E-state index < -0.39 is 6.09 Å². The lowest BCUT2D eigenvalue weighted by molar-refractivity contribution is 0.112. The molecule has 19 heavy (non-hydrogen) atoms. The average Bonchev–Trinajstić information content (AvgIpc) is 2.40. The highest BCUT2D eigenvalue weighted by Crippen LogP contribution is 2.25. The zero-order valence-corrected chi connectivity index (χ0v) is 12.0. The van der Waals surface area contributed by atoms with Gasteiger partial charge in [-0.15, -0.1) is 0 Å². The number of halogens is 1. The Morgan fingerprint density at radius 2 is 2.26 bits per heavy atom. The number of anilines is 1. The Hall–Kier alpha value is -1.50. The monoisotopic (exact) mass is 329 g/mol. The number of aromatic nitrogens is 1. The molecule has 1 aliphatic rings. The van der Waals surface area contributed by atoms with Crippen LogP contribution in [0.15, 0.2) is 16.7 Å². The zero-order valence-electron chi connectivity index (χ0n) is 10.4. The summed E-state index contributed by atoms with van der Waals surface area (Å²) in [5, 5.41) is 8.86. The predicted molar refractivity (Wildman–Crippen MR) is 74.2 cm³/mol. The maximum Gasteiger partial charge on any atom is 0.407 e. The number of hydrogen-bond acceptors (Lipinski definition) is 4. The quantitative estimate of drug-likeness (QED) is 0.887. The van der Waals surface area contributed by atoms with Gasteiger partial charge >= 0.3 is 6.09 Å². The van der Waals surface area contributed by atoms with Crippen LogP contribution in [0.3, 0.4) is 0 Å². The number of piperidine rings is 1. The largest absolute Gasteiger partial charge is 0.489 e. The number of hydrogen-bond donors (Lipinski definition) is 2. The van der Waals surface area contributed by atoms with Crippen LogP contribution in [0, 0.1) is 5.92 Å². The highest BCUT2D eigenvalue weighted by Gasteiger charge is 2.22. The first-order valence-electron chi connectivity index (χ1n) is 6.08. The molecule has 0 atom stereocenters. The molecule has 1 fully saturated rings. The fourth-order valence-corrected chi connectivity index (χ4v) is 2.36.